The maximum atomic E-state index is 14.9. The van der Waals surface area contributed by atoms with Crippen molar-refractivity contribution in [3.05, 3.63) is 144 Å². The molecule has 10 amide bonds. The summed E-state index contributed by atoms with van der Waals surface area (Å²) in [5.41, 5.74) is 15.8. The van der Waals surface area contributed by atoms with Crippen LogP contribution >= 0.6 is 0 Å². The van der Waals surface area contributed by atoms with Crippen molar-refractivity contribution >= 4 is 87.9 Å². The number of nitrogens with two attached hydrogens (primary N) is 2. The molecule has 582 valence electrons. The summed E-state index contributed by atoms with van der Waals surface area (Å²) < 4.78 is 0. The zero-order valence-corrected chi connectivity index (χ0v) is 62.6. The highest BCUT2D eigenvalue weighted by molar-refractivity contribution is 5.95. The fourth-order valence-corrected chi connectivity index (χ4v) is 12.5. The average molecular weight is 1480 g/mol. The van der Waals surface area contributed by atoms with Gasteiger partial charge in [-0.3, -0.25) is 62.3 Å². The molecule has 0 aliphatic carbocycles. The summed E-state index contributed by atoms with van der Waals surface area (Å²) in [7, 11) is 0. The second-order valence-corrected chi connectivity index (χ2v) is 28.8. The molecular weight excluding hydrogens is 1370 g/mol. The molecule has 0 bridgehead atoms. The molecule has 12 N–H and O–H groups in total. The topological polar surface area (TPSA) is 415 Å². The van der Waals surface area contributed by atoms with Crippen LogP contribution in [0.3, 0.4) is 0 Å². The quantitative estimate of drug-likeness (QED) is 0.0223. The summed E-state index contributed by atoms with van der Waals surface area (Å²) in [5, 5.41) is 41.7. The van der Waals surface area contributed by atoms with Gasteiger partial charge in [0, 0.05) is 106 Å². The number of hydrogen-bond donors (Lipinski definition) is 10. The Morgan fingerprint density at radius 2 is 0.776 bits per heavy atom. The van der Waals surface area contributed by atoms with Crippen molar-refractivity contribution in [2.24, 2.45) is 29.2 Å². The predicted octanol–water partition coefficient (Wildman–Crippen LogP) is 5.24. The smallest absolute Gasteiger partial charge is 0.312 e. The SMILES string of the molecule is CC(C)CCC(=O)N(CC(=O)N[C@@H](CC(C)C)CN(CC(=O)N[C@@H](CCC(=O)O)CN(CC(N)=O)C(=O)CCc1ccccc1)C(=O)CCC(C)C)C[C@H](Cc1c[nH]c2ccccc12)NC(=O)CN(C[C@H](Cc1ccccc1)NC(=O)CN(C[C@@H](N)CCC(=O)O)C(=O)CCc1ccccc1)C(=O)CC(=O)O. The van der Waals surface area contributed by atoms with Crippen LogP contribution in [0.25, 0.3) is 10.9 Å². The number of fused-ring (bicyclic) bond motifs is 1. The first kappa shape index (κ1) is 87.1. The number of aliphatic carboxylic acids is 3. The number of aromatic nitrogens is 1. The maximum Gasteiger partial charge on any atom is 0.312 e. The van der Waals surface area contributed by atoms with E-state index in [0.29, 0.717) is 36.8 Å². The highest BCUT2D eigenvalue weighted by atomic mass is 16.4. The third kappa shape index (κ3) is 34.5. The van der Waals surface area contributed by atoms with E-state index in [9.17, 15) is 77.6 Å². The highest BCUT2D eigenvalue weighted by Gasteiger charge is 2.32. The number of H-pyrrole nitrogens is 1. The highest BCUT2D eigenvalue weighted by Crippen LogP contribution is 2.22. The Morgan fingerprint density at radius 1 is 0.393 bits per heavy atom. The second kappa shape index (κ2) is 45.8. The number of nitrogens with zero attached hydrogens (tertiary/aromatic N) is 5. The first-order valence-electron chi connectivity index (χ1n) is 36.8. The monoisotopic (exact) mass is 1480 g/mol. The van der Waals surface area contributed by atoms with Gasteiger partial charge in [0.1, 0.15) is 6.42 Å². The Kier molecular flexibility index (Phi) is 37.3. The van der Waals surface area contributed by atoms with Gasteiger partial charge in [-0.1, -0.05) is 151 Å². The minimum atomic E-state index is -1.50. The molecule has 0 aliphatic rings. The van der Waals surface area contributed by atoms with Crippen molar-refractivity contribution in [3.63, 3.8) is 0 Å². The van der Waals surface area contributed by atoms with Gasteiger partial charge in [0.15, 0.2) is 0 Å². The Hall–Kier alpha value is -10.5. The van der Waals surface area contributed by atoms with Crippen molar-refractivity contribution in [2.45, 2.75) is 174 Å². The summed E-state index contributed by atoms with van der Waals surface area (Å²) in [5.74, 6) is -10.2. The van der Waals surface area contributed by atoms with Gasteiger partial charge in [0.25, 0.3) is 0 Å². The molecule has 4 aromatic carbocycles. The summed E-state index contributed by atoms with van der Waals surface area (Å²) in [6.07, 6.45) is 1.72. The molecule has 1 heterocycles. The van der Waals surface area contributed by atoms with Crippen LogP contribution in [0.5, 0.6) is 0 Å². The lowest BCUT2D eigenvalue weighted by molar-refractivity contribution is -0.146. The van der Waals surface area contributed by atoms with E-state index in [1.54, 1.807) is 36.5 Å². The van der Waals surface area contributed by atoms with Gasteiger partial charge in [-0.05, 0) is 104 Å². The molecular formula is C79H110N12O16. The summed E-state index contributed by atoms with van der Waals surface area (Å²) in [6.45, 7) is 7.30. The lowest BCUT2D eigenvalue weighted by atomic mass is 10.0. The standard InChI is InChI=1S/C79H110N12O16/c1-53(2)26-32-72(97)89(50-68(93)83-61(31-37-78(104)105)44-88(48-67(81)92)75(100)35-29-57-20-12-8-13-21-57)45-62(38-55(5)6)84-70(95)51-90(73(98)33-27-54(3)4)47-64(40-59-42-82-66-25-17-16-24-65(59)66)86-71(96)52-91(76(101)41-79(106)107)46-63(39-58-22-14-9-15-23-58)85-69(94)49-87(43-60(80)30-36-77(102)103)74(99)34-28-56-18-10-7-11-19-56/h7-25,42,53-55,60-64,82H,26-41,43-52,80H2,1-6H3,(H2,81,92)(H,83,93)(H,84,95)(H,85,94)(H,86,96)(H,102,103)(H,104,105)(H,106,107)/t60-,61-,62-,63-,64-/m0/s1. The third-order valence-electron chi connectivity index (χ3n) is 17.9. The minimum absolute atomic E-state index is 0.00602. The number of para-hydroxylation sites is 1. The van der Waals surface area contributed by atoms with Crippen LogP contribution in [0.4, 0.5) is 0 Å². The molecule has 0 aliphatic heterocycles. The van der Waals surface area contributed by atoms with E-state index in [0.717, 1.165) is 26.9 Å². The number of nitrogens with one attached hydrogen (secondary N) is 5. The zero-order valence-electron chi connectivity index (χ0n) is 62.6. The van der Waals surface area contributed by atoms with Gasteiger partial charge in [0.05, 0.1) is 44.8 Å². The van der Waals surface area contributed by atoms with E-state index in [-0.39, 0.29) is 108 Å². The van der Waals surface area contributed by atoms with Crippen molar-refractivity contribution in [1.82, 2.24) is 50.8 Å². The largest absolute Gasteiger partial charge is 0.481 e. The van der Waals surface area contributed by atoms with E-state index in [4.69, 9.17) is 11.5 Å². The van der Waals surface area contributed by atoms with Crippen LogP contribution in [0.2, 0.25) is 0 Å². The first-order chi connectivity index (χ1) is 50.9. The molecule has 0 fully saturated rings. The summed E-state index contributed by atoms with van der Waals surface area (Å²) >= 11 is 0. The molecule has 5 aromatic rings. The van der Waals surface area contributed by atoms with Crippen molar-refractivity contribution in [1.29, 1.82) is 0 Å². The molecule has 1 aromatic heterocycles. The van der Waals surface area contributed by atoms with Crippen molar-refractivity contribution in [3.8, 4) is 0 Å². The average Bonchev–Trinajstić information content (AvgIpc) is 1.71. The Labute approximate surface area is 626 Å². The number of carboxylic acid groups (broad SMARTS) is 3. The van der Waals surface area contributed by atoms with E-state index < -0.39 is 159 Å². The number of primary amides is 1. The number of hydrogen-bond acceptors (Lipinski definition) is 14. The molecule has 0 radical (unpaired) electrons. The van der Waals surface area contributed by atoms with Gasteiger partial charge in [-0.2, -0.15) is 0 Å². The number of benzene rings is 4. The number of carboxylic acids is 3. The van der Waals surface area contributed by atoms with E-state index in [1.807, 2.05) is 126 Å². The van der Waals surface area contributed by atoms with Crippen LogP contribution in [0.15, 0.2) is 121 Å². The Morgan fingerprint density at radius 3 is 1.23 bits per heavy atom. The molecule has 107 heavy (non-hydrogen) atoms. The van der Waals surface area contributed by atoms with Gasteiger partial charge in [-0.15, -0.1) is 0 Å². The van der Waals surface area contributed by atoms with Gasteiger partial charge < -0.3 is 77.5 Å². The van der Waals surface area contributed by atoms with Gasteiger partial charge in [-0.25, -0.2) is 0 Å². The summed E-state index contributed by atoms with van der Waals surface area (Å²) in [6, 6.07) is 29.9. The molecule has 0 saturated carbocycles. The fraction of sp³-hybridized carbons (Fsp3) is 0.506. The maximum absolute atomic E-state index is 14.9. The molecule has 5 rings (SSSR count). The molecule has 0 spiro atoms. The van der Waals surface area contributed by atoms with E-state index >= 15 is 0 Å². The van der Waals surface area contributed by atoms with Gasteiger partial charge >= 0.3 is 17.9 Å². The van der Waals surface area contributed by atoms with E-state index in [2.05, 4.69) is 26.3 Å². The van der Waals surface area contributed by atoms with Gasteiger partial charge in [0.2, 0.25) is 59.1 Å². The predicted molar refractivity (Wildman–Crippen MR) is 403 cm³/mol. The lowest BCUT2D eigenvalue weighted by Crippen LogP contribution is -2.55. The number of amides is 10. The first-order valence-corrected chi connectivity index (χ1v) is 36.8. The van der Waals surface area contributed by atoms with Crippen molar-refractivity contribution in [2.75, 3.05) is 65.4 Å². The van der Waals surface area contributed by atoms with E-state index in [1.165, 1.54) is 19.6 Å². The molecule has 5 atom stereocenters. The lowest BCUT2D eigenvalue weighted by Gasteiger charge is -2.32. The molecule has 0 saturated heterocycles. The molecule has 28 heteroatoms. The van der Waals surface area contributed by atoms with Crippen LogP contribution in [0.1, 0.15) is 141 Å². The summed E-state index contributed by atoms with van der Waals surface area (Å²) in [4.78, 5) is 187. The van der Waals surface area contributed by atoms with Crippen LogP contribution < -0.4 is 32.7 Å². The number of aryl methyl sites for hydroxylation is 2. The third-order valence-corrected chi connectivity index (χ3v) is 17.9. The fourth-order valence-electron chi connectivity index (χ4n) is 12.5. The van der Waals surface area contributed by atoms with Crippen molar-refractivity contribution < 1.29 is 77.6 Å². The van der Waals surface area contributed by atoms with Crippen LogP contribution in [0, 0.1) is 17.8 Å². The second-order valence-electron chi connectivity index (χ2n) is 28.8. The zero-order chi connectivity index (χ0) is 78.5. The molecule has 28 nitrogen and oxygen atoms in total. The van der Waals surface area contributed by atoms with Crippen LogP contribution in [-0.4, -0.2) is 217 Å². The number of carbonyl (C=O) groups excluding carboxylic acids is 10. The minimum Gasteiger partial charge on any atom is -0.481 e. The number of carbonyl (C=O) groups is 13. The number of rotatable bonds is 50. The Bertz CT molecular complexity index is 3720. The normalized spacial score (nSPS) is 12.6. The molecule has 0 unspecified atom stereocenters. The Balaban J connectivity index is 1.45. The number of aromatic amines is 1. The van der Waals surface area contributed by atoms with Crippen LogP contribution in [-0.2, 0) is 88.0 Å².